The molecule has 0 aliphatic heterocycles. The van der Waals surface area contributed by atoms with E-state index in [0.717, 1.165) is 21.6 Å². The molecule has 9 heteroatoms. The minimum atomic E-state index is -3.75. The fourth-order valence-corrected chi connectivity index (χ4v) is 5.55. The average Bonchev–Trinajstić information content (AvgIpc) is 3.23. The summed E-state index contributed by atoms with van der Waals surface area (Å²) >= 11 is 2.42. The van der Waals surface area contributed by atoms with Crippen molar-refractivity contribution in [3.8, 4) is 11.5 Å². The van der Waals surface area contributed by atoms with Crippen LogP contribution in [0.25, 0.3) is 10.2 Å². The van der Waals surface area contributed by atoms with Gasteiger partial charge in [0, 0.05) is 18.7 Å². The van der Waals surface area contributed by atoms with Gasteiger partial charge in [-0.25, -0.2) is 0 Å². The summed E-state index contributed by atoms with van der Waals surface area (Å²) in [5.41, 5.74) is 0.808. The molecule has 0 bridgehead atoms. The number of aromatic nitrogens is 1. The number of hydrogen-bond acceptors (Lipinski definition) is 6. The Balaban J connectivity index is 2.29. The van der Waals surface area contributed by atoms with Crippen molar-refractivity contribution in [2.75, 3.05) is 14.2 Å². The molecular formula is C16H16N2O4S3. The lowest BCUT2D eigenvalue weighted by molar-refractivity contribution is 0.355. The zero-order chi connectivity index (χ0) is 18.0. The molecular weight excluding hydrogens is 380 g/mol. The molecule has 3 aromatic rings. The van der Waals surface area contributed by atoms with Crippen LogP contribution in [0.5, 0.6) is 11.5 Å². The molecule has 25 heavy (non-hydrogen) atoms. The van der Waals surface area contributed by atoms with Gasteiger partial charge in [-0.1, -0.05) is 23.5 Å². The van der Waals surface area contributed by atoms with E-state index in [-0.39, 0.29) is 4.21 Å². The molecule has 3 rings (SSSR count). The lowest BCUT2D eigenvalue weighted by Gasteiger charge is -2.08. The summed E-state index contributed by atoms with van der Waals surface area (Å²) in [4.78, 5) is 0.374. The van der Waals surface area contributed by atoms with E-state index in [0.29, 0.717) is 22.8 Å². The number of sulfonamides is 1. The maximum atomic E-state index is 12.5. The Kier molecular flexibility index (Phi) is 4.98. The van der Waals surface area contributed by atoms with Crippen LogP contribution in [0.2, 0.25) is 0 Å². The van der Waals surface area contributed by atoms with Crippen LogP contribution in [0, 0.1) is 0 Å². The summed E-state index contributed by atoms with van der Waals surface area (Å²) in [6.07, 6.45) is 1.69. The Labute approximate surface area is 153 Å². The quantitative estimate of drug-likeness (QED) is 0.600. The van der Waals surface area contributed by atoms with Gasteiger partial charge in [0.15, 0.2) is 11.5 Å². The number of ether oxygens (including phenoxy) is 2. The molecule has 0 atom stereocenters. The van der Waals surface area contributed by atoms with Gasteiger partial charge in [-0.15, -0.1) is 22.3 Å². The molecule has 0 saturated carbocycles. The van der Waals surface area contributed by atoms with Crippen LogP contribution >= 0.6 is 22.7 Å². The molecule has 0 N–H and O–H groups in total. The number of thiophene rings is 1. The number of allylic oxidation sites excluding steroid dienone is 1. The van der Waals surface area contributed by atoms with Gasteiger partial charge in [0.25, 0.3) is 10.0 Å². The van der Waals surface area contributed by atoms with E-state index in [1.165, 1.54) is 11.3 Å². The highest BCUT2D eigenvalue weighted by Crippen LogP contribution is 2.33. The molecule has 0 fully saturated rings. The number of rotatable bonds is 6. The lowest BCUT2D eigenvalue weighted by Crippen LogP contribution is -2.16. The largest absolute Gasteiger partial charge is 0.493 e. The van der Waals surface area contributed by atoms with Crippen LogP contribution in [0.3, 0.4) is 0 Å². The summed E-state index contributed by atoms with van der Waals surface area (Å²) in [5.74, 6) is 1.15. The Morgan fingerprint density at radius 1 is 1.28 bits per heavy atom. The van der Waals surface area contributed by atoms with Gasteiger partial charge in [0.1, 0.15) is 4.21 Å². The van der Waals surface area contributed by atoms with E-state index in [9.17, 15) is 8.42 Å². The van der Waals surface area contributed by atoms with E-state index >= 15 is 0 Å². The van der Waals surface area contributed by atoms with E-state index in [1.54, 1.807) is 42.4 Å². The van der Waals surface area contributed by atoms with Gasteiger partial charge in [-0.05, 0) is 11.4 Å². The molecule has 6 nitrogen and oxygen atoms in total. The number of fused-ring (bicyclic) bond motifs is 1. The Morgan fingerprint density at radius 2 is 2.00 bits per heavy atom. The third-order valence-electron chi connectivity index (χ3n) is 3.45. The zero-order valence-corrected chi connectivity index (χ0v) is 16.1. The number of benzene rings is 1. The summed E-state index contributed by atoms with van der Waals surface area (Å²) in [6.45, 7) is 4.17. The molecule has 0 aliphatic carbocycles. The van der Waals surface area contributed by atoms with Crippen LogP contribution in [0.15, 0.2) is 50.9 Å². The van der Waals surface area contributed by atoms with Crippen LogP contribution in [0.1, 0.15) is 0 Å². The van der Waals surface area contributed by atoms with Crippen molar-refractivity contribution in [2.45, 2.75) is 10.8 Å². The van der Waals surface area contributed by atoms with Crippen molar-refractivity contribution in [1.29, 1.82) is 0 Å². The van der Waals surface area contributed by atoms with Gasteiger partial charge in [0.2, 0.25) is 4.80 Å². The van der Waals surface area contributed by atoms with Crippen LogP contribution in [-0.2, 0) is 16.6 Å². The van der Waals surface area contributed by atoms with Gasteiger partial charge >= 0.3 is 0 Å². The minimum Gasteiger partial charge on any atom is -0.493 e. The second-order valence-corrected chi connectivity index (χ2v) is 8.75. The molecule has 0 saturated heterocycles. The maximum absolute atomic E-state index is 12.5. The smallest absolute Gasteiger partial charge is 0.294 e. The predicted octanol–water partition coefficient (Wildman–Crippen LogP) is 3.26. The Morgan fingerprint density at radius 3 is 2.60 bits per heavy atom. The molecule has 0 unspecified atom stereocenters. The van der Waals surface area contributed by atoms with Crippen LogP contribution in [-0.4, -0.2) is 27.2 Å². The normalized spacial score (nSPS) is 12.5. The van der Waals surface area contributed by atoms with Gasteiger partial charge in [-0.3, -0.25) is 0 Å². The third-order valence-corrected chi connectivity index (χ3v) is 7.24. The number of thiazole rings is 1. The highest BCUT2D eigenvalue weighted by Gasteiger charge is 2.17. The first kappa shape index (κ1) is 17.7. The molecule has 0 spiro atoms. The molecule has 0 radical (unpaired) electrons. The van der Waals surface area contributed by atoms with Crippen molar-refractivity contribution in [1.82, 2.24) is 4.57 Å². The first-order chi connectivity index (χ1) is 12.0. The molecule has 2 heterocycles. The highest BCUT2D eigenvalue weighted by molar-refractivity contribution is 7.92. The fourth-order valence-electron chi connectivity index (χ4n) is 2.33. The van der Waals surface area contributed by atoms with E-state index in [1.807, 2.05) is 12.1 Å². The molecule has 0 amide bonds. The summed E-state index contributed by atoms with van der Waals surface area (Å²) in [5, 5.41) is 1.71. The maximum Gasteiger partial charge on any atom is 0.294 e. The SMILES string of the molecule is C=CCn1/c(=N/S(=O)(=O)c2cccs2)sc2cc(OC)c(OC)cc21. The first-order valence-corrected chi connectivity index (χ1v) is 10.3. The fraction of sp³-hybridized carbons (Fsp3) is 0.188. The predicted molar refractivity (Wildman–Crippen MR) is 100 cm³/mol. The van der Waals surface area contributed by atoms with Gasteiger partial charge in [-0.2, -0.15) is 8.42 Å². The second kappa shape index (κ2) is 7.03. The standard InChI is InChI=1S/C16H16N2O4S3/c1-4-7-18-11-9-12(21-2)13(22-3)10-14(11)24-16(18)17-25(19,20)15-6-5-8-23-15/h4-6,8-10H,1,7H2,2-3H3/b17-16-. The number of nitrogens with zero attached hydrogens (tertiary/aromatic N) is 2. The number of methoxy groups -OCH3 is 2. The third kappa shape index (κ3) is 3.35. The van der Waals surface area contributed by atoms with Crippen molar-refractivity contribution < 1.29 is 17.9 Å². The first-order valence-electron chi connectivity index (χ1n) is 7.21. The Bertz CT molecular complexity index is 1080. The van der Waals surface area contributed by atoms with Crippen molar-refractivity contribution in [3.05, 3.63) is 47.1 Å². The van der Waals surface area contributed by atoms with Crippen LogP contribution in [0.4, 0.5) is 0 Å². The van der Waals surface area contributed by atoms with E-state index < -0.39 is 10.0 Å². The summed E-state index contributed by atoms with van der Waals surface area (Å²) in [7, 11) is -0.640. The monoisotopic (exact) mass is 396 g/mol. The molecule has 132 valence electrons. The van der Waals surface area contributed by atoms with Gasteiger partial charge < -0.3 is 14.0 Å². The van der Waals surface area contributed by atoms with E-state index in [4.69, 9.17) is 9.47 Å². The topological polar surface area (TPSA) is 69.9 Å². The van der Waals surface area contributed by atoms with Crippen LogP contribution < -0.4 is 14.3 Å². The van der Waals surface area contributed by atoms with Gasteiger partial charge in [0.05, 0.1) is 24.4 Å². The van der Waals surface area contributed by atoms with Crippen molar-refractivity contribution in [3.63, 3.8) is 0 Å². The minimum absolute atomic E-state index is 0.213. The zero-order valence-electron chi connectivity index (χ0n) is 13.6. The second-order valence-electron chi connectivity index (χ2n) is 4.96. The summed E-state index contributed by atoms with van der Waals surface area (Å²) < 4.78 is 42.6. The number of hydrogen-bond donors (Lipinski definition) is 0. The van der Waals surface area contributed by atoms with Crippen molar-refractivity contribution in [2.24, 2.45) is 4.40 Å². The summed E-state index contributed by atoms with van der Waals surface area (Å²) in [6, 6.07) is 6.85. The Hall–Kier alpha value is -2.10. The molecule has 1 aromatic carbocycles. The average molecular weight is 397 g/mol. The van der Waals surface area contributed by atoms with Crippen molar-refractivity contribution >= 4 is 42.9 Å². The van der Waals surface area contributed by atoms with E-state index in [2.05, 4.69) is 11.0 Å². The molecule has 2 aromatic heterocycles. The highest BCUT2D eigenvalue weighted by atomic mass is 32.2. The lowest BCUT2D eigenvalue weighted by atomic mass is 10.3. The molecule has 0 aliphatic rings.